The van der Waals surface area contributed by atoms with Gasteiger partial charge in [-0.15, -0.1) is 11.3 Å². The number of thiazole rings is 1. The van der Waals surface area contributed by atoms with Crippen molar-refractivity contribution in [2.45, 2.75) is 56.8 Å². The van der Waals surface area contributed by atoms with Crippen molar-refractivity contribution in [3.05, 3.63) is 40.4 Å². The molecule has 2 heterocycles. The molecule has 0 spiro atoms. The van der Waals surface area contributed by atoms with Gasteiger partial charge in [-0.25, -0.2) is 13.4 Å². The second kappa shape index (κ2) is 7.29. The predicted molar refractivity (Wildman–Crippen MR) is 127 cm³/mol. The van der Waals surface area contributed by atoms with Crippen molar-refractivity contribution in [1.82, 2.24) is 4.98 Å². The molecule has 8 heteroatoms. The van der Waals surface area contributed by atoms with Crippen LogP contribution < -0.4 is 9.62 Å². The predicted octanol–water partition coefficient (Wildman–Crippen LogP) is 4.58. The molecule has 4 bridgehead atoms. The van der Waals surface area contributed by atoms with Crippen LogP contribution in [0.4, 0.5) is 10.8 Å². The summed E-state index contributed by atoms with van der Waals surface area (Å²) in [6.07, 6.45) is 10.8. The molecule has 7 rings (SSSR count). The minimum atomic E-state index is -3.31. The molecule has 32 heavy (non-hydrogen) atoms. The largest absolute Gasteiger partial charge is 0.298 e. The maximum absolute atomic E-state index is 13.0. The zero-order valence-corrected chi connectivity index (χ0v) is 20.0. The SMILES string of the molecule is CS(=O)(=O)N1CCCc2cc(C(=O)Nc3nc(C45CC6CC(CC(C6)C4)C5)cs3)ccc21. The van der Waals surface area contributed by atoms with Gasteiger partial charge in [0, 0.05) is 22.9 Å². The highest BCUT2D eigenvalue weighted by atomic mass is 32.2. The maximum atomic E-state index is 13.0. The summed E-state index contributed by atoms with van der Waals surface area (Å²) in [5.41, 5.74) is 3.56. The van der Waals surface area contributed by atoms with Gasteiger partial charge in [0.15, 0.2) is 5.13 Å². The minimum Gasteiger partial charge on any atom is -0.298 e. The first-order valence-corrected chi connectivity index (χ1v) is 14.4. The quantitative estimate of drug-likeness (QED) is 0.708. The topological polar surface area (TPSA) is 79.4 Å². The standard InChI is InChI=1S/C24H29N3O3S2/c1-32(29,30)27-6-2-3-18-10-19(4-5-20(18)27)22(28)26-23-25-21(14-31-23)24-11-15-7-16(12-24)9-17(8-15)13-24/h4-5,10,14-17H,2-3,6-9,11-13H2,1H3,(H,25,26,28). The molecule has 0 radical (unpaired) electrons. The first-order valence-electron chi connectivity index (χ1n) is 11.7. The van der Waals surface area contributed by atoms with Crippen molar-refractivity contribution in [3.63, 3.8) is 0 Å². The Balaban J connectivity index is 1.21. The molecule has 0 saturated heterocycles. The Bertz CT molecular complexity index is 1150. The van der Waals surface area contributed by atoms with Crippen molar-refractivity contribution in [3.8, 4) is 0 Å². The van der Waals surface area contributed by atoms with Gasteiger partial charge in [0.1, 0.15) is 0 Å². The van der Waals surface area contributed by atoms with Gasteiger partial charge in [-0.2, -0.15) is 0 Å². The van der Waals surface area contributed by atoms with Crippen LogP contribution in [0.25, 0.3) is 0 Å². The summed E-state index contributed by atoms with van der Waals surface area (Å²) in [5.74, 6) is 2.41. The average molecular weight is 472 g/mol. The van der Waals surface area contributed by atoms with Gasteiger partial charge in [-0.3, -0.25) is 14.4 Å². The minimum absolute atomic E-state index is 0.185. The van der Waals surface area contributed by atoms with E-state index in [1.54, 1.807) is 12.1 Å². The Morgan fingerprint density at radius 1 is 1.16 bits per heavy atom. The van der Waals surface area contributed by atoms with Crippen molar-refractivity contribution in [1.29, 1.82) is 0 Å². The van der Waals surface area contributed by atoms with Gasteiger partial charge in [0.25, 0.3) is 5.91 Å². The highest BCUT2D eigenvalue weighted by Gasteiger charge is 2.52. The van der Waals surface area contributed by atoms with Gasteiger partial charge in [0.05, 0.1) is 17.6 Å². The summed E-state index contributed by atoms with van der Waals surface area (Å²) >= 11 is 1.52. The second-order valence-electron chi connectivity index (χ2n) is 10.5. The number of carbonyl (C=O) groups excluding carboxylic acids is 1. The molecule has 2 aromatic rings. The van der Waals surface area contributed by atoms with Crippen molar-refractivity contribution >= 4 is 38.1 Å². The van der Waals surface area contributed by atoms with Crippen LogP contribution in [0.3, 0.4) is 0 Å². The zero-order chi connectivity index (χ0) is 22.1. The number of fused-ring (bicyclic) bond motifs is 1. The Labute approximate surface area is 193 Å². The number of amides is 1. The molecule has 6 nitrogen and oxygen atoms in total. The van der Waals surface area contributed by atoms with E-state index in [1.165, 1.54) is 66.1 Å². The summed E-state index contributed by atoms with van der Waals surface area (Å²) in [6.45, 7) is 0.490. The number of hydrogen-bond donors (Lipinski definition) is 1. The van der Waals surface area contributed by atoms with E-state index in [0.717, 1.165) is 36.2 Å². The monoisotopic (exact) mass is 471 g/mol. The summed E-state index contributed by atoms with van der Waals surface area (Å²) in [5, 5.41) is 5.82. The number of nitrogens with zero attached hydrogens (tertiary/aromatic N) is 2. The molecule has 1 aliphatic heterocycles. The molecule has 4 saturated carbocycles. The summed E-state index contributed by atoms with van der Waals surface area (Å²) in [7, 11) is -3.31. The molecule has 5 aliphatic rings. The Morgan fingerprint density at radius 2 is 1.84 bits per heavy atom. The summed E-state index contributed by atoms with van der Waals surface area (Å²) < 4.78 is 25.6. The third-order valence-corrected chi connectivity index (χ3v) is 10.1. The number of anilines is 2. The molecule has 1 N–H and O–H groups in total. The van der Waals surface area contributed by atoms with Crippen LogP contribution in [0.1, 0.15) is 66.6 Å². The third kappa shape index (κ3) is 3.46. The highest BCUT2D eigenvalue weighted by molar-refractivity contribution is 7.92. The molecule has 4 fully saturated rings. The zero-order valence-electron chi connectivity index (χ0n) is 18.3. The molecular weight excluding hydrogens is 442 g/mol. The lowest BCUT2D eigenvalue weighted by Crippen LogP contribution is -2.48. The van der Waals surface area contributed by atoms with E-state index in [0.29, 0.717) is 22.9 Å². The first kappa shape index (κ1) is 20.7. The normalized spacial score (nSPS) is 30.9. The molecule has 1 aromatic carbocycles. The lowest BCUT2D eigenvalue weighted by Gasteiger charge is -2.56. The number of hydrogen-bond acceptors (Lipinski definition) is 5. The van der Waals surface area contributed by atoms with E-state index >= 15 is 0 Å². The number of benzene rings is 1. The van der Waals surface area contributed by atoms with Crippen LogP contribution in [0.2, 0.25) is 0 Å². The lowest BCUT2D eigenvalue weighted by molar-refractivity contribution is -0.00688. The van der Waals surface area contributed by atoms with E-state index in [9.17, 15) is 13.2 Å². The van der Waals surface area contributed by atoms with Crippen LogP contribution >= 0.6 is 11.3 Å². The number of sulfonamides is 1. The Morgan fingerprint density at radius 3 is 2.50 bits per heavy atom. The van der Waals surface area contributed by atoms with E-state index in [-0.39, 0.29) is 11.3 Å². The van der Waals surface area contributed by atoms with Crippen LogP contribution in [0.15, 0.2) is 23.6 Å². The molecular formula is C24H29N3O3S2. The van der Waals surface area contributed by atoms with Gasteiger partial charge in [-0.05, 0) is 92.9 Å². The lowest BCUT2D eigenvalue weighted by atomic mass is 9.49. The molecule has 1 amide bonds. The van der Waals surface area contributed by atoms with Crippen LogP contribution in [-0.4, -0.2) is 32.1 Å². The summed E-state index contributed by atoms with van der Waals surface area (Å²) in [6, 6.07) is 5.30. The van der Waals surface area contributed by atoms with Gasteiger partial charge >= 0.3 is 0 Å². The fourth-order valence-corrected chi connectivity index (χ4v) is 9.04. The second-order valence-corrected chi connectivity index (χ2v) is 13.2. The van der Waals surface area contributed by atoms with Crippen molar-refractivity contribution in [2.75, 3.05) is 22.4 Å². The number of carbonyl (C=O) groups is 1. The fourth-order valence-electron chi connectivity index (χ4n) is 7.22. The molecule has 4 aliphatic carbocycles. The third-order valence-electron chi connectivity index (χ3n) is 8.12. The maximum Gasteiger partial charge on any atom is 0.257 e. The van der Waals surface area contributed by atoms with Gasteiger partial charge < -0.3 is 0 Å². The van der Waals surface area contributed by atoms with Gasteiger partial charge in [-0.1, -0.05) is 0 Å². The number of aryl methyl sites for hydroxylation is 1. The van der Waals surface area contributed by atoms with Gasteiger partial charge in [0.2, 0.25) is 10.0 Å². The molecule has 1 aromatic heterocycles. The number of rotatable bonds is 4. The molecule has 0 atom stereocenters. The number of aromatic nitrogens is 1. The Hall–Kier alpha value is -1.93. The van der Waals surface area contributed by atoms with Crippen LogP contribution in [0.5, 0.6) is 0 Å². The van der Waals surface area contributed by atoms with E-state index in [1.807, 2.05) is 6.07 Å². The smallest absolute Gasteiger partial charge is 0.257 e. The van der Waals surface area contributed by atoms with E-state index < -0.39 is 10.0 Å². The van der Waals surface area contributed by atoms with E-state index in [2.05, 4.69) is 10.7 Å². The Kier molecular flexibility index (Phi) is 4.70. The molecule has 170 valence electrons. The van der Waals surface area contributed by atoms with Crippen molar-refractivity contribution < 1.29 is 13.2 Å². The summed E-state index contributed by atoms with van der Waals surface area (Å²) in [4.78, 5) is 17.9. The van der Waals surface area contributed by atoms with Crippen LogP contribution in [-0.2, 0) is 21.9 Å². The van der Waals surface area contributed by atoms with Crippen molar-refractivity contribution in [2.24, 2.45) is 17.8 Å². The highest BCUT2D eigenvalue weighted by Crippen LogP contribution is 2.60. The average Bonchev–Trinajstić information content (AvgIpc) is 3.20. The first-order chi connectivity index (χ1) is 15.3. The number of nitrogens with one attached hydrogen (secondary N) is 1. The fraction of sp³-hybridized carbons (Fsp3) is 0.583. The molecule has 0 unspecified atom stereocenters. The van der Waals surface area contributed by atoms with Crippen LogP contribution in [0, 0.1) is 17.8 Å². The van der Waals surface area contributed by atoms with E-state index in [4.69, 9.17) is 4.98 Å².